The molecule has 0 bridgehead atoms. The van der Waals surface area contributed by atoms with Gasteiger partial charge in [-0.15, -0.1) is 0 Å². The van der Waals surface area contributed by atoms with E-state index in [2.05, 4.69) is 17.6 Å². The van der Waals surface area contributed by atoms with Crippen LogP contribution in [0.2, 0.25) is 0 Å². The highest BCUT2D eigenvalue weighted by Crippen LogP contribution is 2.26. The molecular weight excluding hydrogens is 276 g/mol. The molecule has 0 spiro atoms. The van der Waals surface area contributed by atoms with E-state index in [4.69, 9.17) is 10.2 Å². The van der Waals surface area contributed by atoms with E-state index in [9.17, 15) is 14.4 Å². The van der Waals surface area contributed by atoms with Gasteiger partial charge in [0.05, 0.1) is 0 Å². The lowest BCUT2D eigenvalue weighted by Crippen LogP contribution is -2.51. The molecule has 0 heterocycles. The van der Waals surface area contributed by atoms with Gasteiger partial charge in [-0.25, -0.2) is 9.59 Å². The molecule has 21 heavy (non-hydrogen) atoms. The molecule has 1 aliphatic rings. The molecule has 1 aliphatic carbocycles. The van der Waals surface area contributed by atoms with Gasteiger partial charge in [0.25, 0.3) is 0 Å². The van der Waals surface area contributed by atoms with Crippen LogP contribution in [0.25, 0.3) is 0 Å². The van der Waals surface area contributed by atoms with Crippen LogP contribution in [0.4, 0.5) is 4.79 Å². The Morgan fingerprint density at radius 3 is 2.43 bits per heavy atom. The van der Waals surface area contributed by atoms with Crippen LogP contribution in [0.15, 0.2) is 0 Å². The Labute approximate surface area is 124 Å². The predicted molar refractivity (Wildman–Crippen MR) is 76.0 cm³/mol. The number of aliphatic carboxylic acids is 2. The summed E-state index contributed by atoms with van der Waals surface area (Å²) in [6, 6.07) is -1.64. The van der Waals surface area contributed by atoms with Gasteiger partial charge in [0, 0.05) is 12.5 Å². The number of nitrogens with one attached hydrogen (secondary N) is 2. The summed E-state index contributed by atoms with van der Waals surface area (Å²) >= 11 is 0. The first kappa shape index (κ1) is 17.3. The molecule has 3 unspecified atom stereocenters. The molecule has 0 saturated heterocycles. The number of amides is 2. The monoisotopic (exact) mass is 300 g/mol. The minimum absolute atomic E-state index is 0.0673. The first-order chi connectivity index (χ1) is 9.93. The van der Waals surface area contributed by atoms with Crippen LogP contribution in [-0.2, 0) is 9.59 Å². The van der Waals surface area contributed by atoms with Crippen LogP contribution in [-0.4, -0.2) is 40.3 Å². The van der Waals surface area contributed by atoms with Crippen LogP contribution >= 0.6 is 0 Å². The Morgan fingerprint density at radius 2 is 1.86 bits per heavy atom. The fraction of sp³-hybridized carbons (Fsp3) is 0.786. The third-order valence-electron chi connectivity index (χ3n) is 4.00. The summed E-state index contributed by atoms with van der Waals surface area (Å²) in [5.41, 5.74) is 0. The lowest BCUT2D eigenvalue weighted by Gasteiger charge is -2.31. The normalized spacial score (nSPS) is 23.1. The molecule has 0 aromatic carbocycles. The van der Waals surface area contributed by atoms with E-state index in [-0.39, 0.29) is 18.9 Å². The topological polar surface area (TPSA) is 116 Å². The molecular formula is C14H24N2O5. The summed E-state index contributed by atoms with van der Waals surface area (Å²) < 4.78 is 0. The van der Waals surface area contributed by atoms with Gasteiger partial charge in [0.15, 0.2) is 0 Å². The number of rotatable bonds is 7. The van der Waals surface area contributed by atoms with Gasteiger partial charge in [-0.1, -0.05) is 26.2 Å². The fourth-order valence-corrected chi connectivity index (χ4v) is 2.78. The van der Waals surface area contributed by atoms with E-state index in [0.29, 0.717) is 5.92 Å². The van der Waals surface area contributed by atoms with Crippen molar-refractivity contribution in [2.45, 2.75) is 64.0 Å². The maximum absolute atomic E-state index is 11.9. The average Bonchev–Trinajstić information content (AvgIpc) is 2.43. The Hall–Kier alpha value is -1.79. The first-order valence-electron chi connectivity index (χ1n) is 7.45. The van der Waals surface area contributed by atoms with Gasteiger partial charge >= 0.3 is 18.0 Å². The van der Waals surface area contributed by atoms with Crippen LogP contribution in [0.5, 0.6) is 0 Å². The summed E-state index contributed by atoms with van der Waals surface area (Å²) in [5, 5.41) is 22.8. The van der Waals surface area contributed by atoms with Crippen LogP contribution in [0.1, 0.15) is 51.9 Å². The number of carbonyl (C=O) groups is 3. The number of carboxylic acid groups (broad SMARTS) is 2. The third-order valence-corrected chi connectivity index (χ3v) is 4.00. The van der Waals surface area contributed by atoms with E-state index in [0.717, 1.165) is 32.1 Å². The van der Waals surface area contributed by atoms with Crippen LogP contribution in [0, 0.1) is 5.92 Å². The lowest BCUT2D eigenvalue weighted by atomic mass is 9.83. The zero-order valence-corrected chi connectivity index (χ0v) is 12.3. The van der Waals surface area contributed by atoms with Gasteiger partial charge in [0.2, 0.25) is 0 Å². The number of urea groups is 1. The summed E-state index contributed by atoms with van der Waals surface area (Å²) in [4.78, 5) is 33.4. The van der Waals surface area contributed by atoms with Crippen molar-refractivity contribution in [3.63, 3.8) is 0 Å². The molecule has 1 fully saturated rings. The number of hydrogen-bond acceptors (Lipinski definition) is 3. The summed E-state index contributed by atoms with van der Waals surface area (Å²) in [7, 11) is 0. The number of carbonyl (C=O) groups excluding carboxylic acids is 1. The second-order valence-corrected chi connectivity index (χ2v) is 5.50. The van der Waals surface area contributed by atoms with Gasteiger partial charge in [-0.3, -0.25) is 4.79 Å². The molecule has 0 aromatic heterocycles. The SMILES string of the molecule is CCC1CCCCC1NC(=O)NC(CCC(=O)O)C(=O)O. The van der Waals surface area contributed by atoms with E-state index >= 15 is 0 Å². The van der Waals surface area contributed by atoms with Gasteiger partial charge in [0.1, 0.15) is 6.04 Å². The number of carboxylic acids is 2. The van der Waals surface area contributed by atoms with Crippen molar-refractivity contribution in [1.82, 2.24) is 10.6 Å². The average molecular weight is 300 g/mol. The van der Waals surface area contributed by atoms with E-state index in [1.807, 2.05) is 0 Å². The summed E-state index contributed by atoms with van der Waals surface area (Å²) in [6.07, 6.45) is 4.75. The quantitative estimate of drug-likeness (QED) is 0.569. The molecule has 3 atom stereocenters. The predicted octanol–water partition coefficient (Wildman–Crippen LogP) is 1.57. The van der Waals surface area contributed by atoms with Gasteiger partial charge in [-0.05, 0) is 25.2 Å². The van der Waals surface area contributed by atoms with Gasteiger partial charge in [-0.2, -0.15) is 0 Å². The molecule has 1 rings (SSSR count). The first-order valence-corrected chi connectivity index (χ1v) is 7.45. The van der Waals surface area contributed by atoms with Crippen molar-refractivity contribution in [2.24, 2.45) is 5.92 Å². The molecule has 1 saturated carbocycles. The van der Waals surface area contributed by atoms with Gasteiger partial charge < -0.3 is 20.8 Å². The Kier molecular flexibility index (Phi) is 6.98. The zero-order valence-electron chi connectivity index (χ0n) is 12.3. The molecule has 0 radical (unpaired) electrons. The van der Waals surface area contributed by atoms with Crippen LogP contribution < -0.4 is 10.6 Å². The lowest BCUT2D eigenvalue weighted by molar-refractivity contribution is -0.140. The zero-order chi connectivity index (χ0) is 15.8. The van der Waals surface area contributed by atoms with Crippen molar-refractivity contribution < 1.29 is 24.6 Å². The summed E-state index contributed by atoms with van der Waals surface area (Å²) in [6.45, 7) is 2.08. The van der Waals surface area contributed by atoms with Crippen molar-refractivity contribution in [3.05, 3.63) is 0 Å². The molecule has 4 N–H and O–H groups in total. The van der Waals surface area contributed by atoms with Crippen LogP contribution in [0.3, 0.4) is 0 Å². The minimum atomic E-state index is -1.22. The Morgan fingerprint density at radius 1 is 1.19 bits per heavy atom. The minimum Gasteiger partial charge on any atom is -0.481 e. The molecule has 7 nitrogen and oxygen atoms in total. The summed E-state index contributed by atoms with van der Waals surface area (Å²) in [5.74, 6) is -1.88. The molecule has 120 valence electrons. The Balaban J connectivity index is 2.48. The fourth-order valence-electron chi connectivity index (χ4n) is 2.78. The maximum atomic E-state index is 11.9. The highest BCUT2D eigenvalue weighted by Gasteiger charge is 2.27. The molecule has 0 aromatic rings. The smallest absolute Gasteiger partial charge is 0.326 e. The van der Waals surface area contributed by atoms with E-state index < -0.39 is 24.0 Å². The van der Waals surface area contributed by atoms with Crippen molar-refractivity contribution >= 4 is 18.0 Å². The molecule has 7 heteroatoms. The van der Waals surface area contributed by atoms with E-state index in [1.54, 1.807) is 0 Å². The van der Waals surface area contributed by atoms with E-state index in [1.165, 1.54) is 0 Å². The highest BCUT2D eigenvalue weighted by molar-refractivity contribution is 5.83. The molecule has 2 amide bonds. The number of hydrogen-bond donors (Lipinski definition) is 4. The second-order valence-electron chi connectivity index (χ2n) is 5.50. The highest BCUT2D eigenvalue weighted by atomic mass is 16.4. The second kappa shape index (κ2) is 8.49. The third kappa shape index (κ3) is 6.01. The maximum Gasteiger partial charge on any atom is 0.326 e. The largest absolute Gasteiger partial charge is 0.481 e. The van der Waals surface area contributed by atoms with Crippen molar-refractivity contribution in [2.75, 3.05) is 0 Å². The van der Waals surface area contributed by atoms with Crippen molar-refractivity contribution in [3.8, 4) is 0 Å². The van der Waals surface area contributed by atoms with Crippen molar-refractivity contribution in [1.29, 1.82) is 0 Å². The Bertz CT molecular complexity index is 386. The standard InChI is InChI=1S/C14H24N2O5/c1-2-9-5-3-4-6-10(9)15-14(21)16-11(13(19)20)7-8-12(17)18/h9-11H,2-8H2,1H3,(H,17,18)(H,19,20)(H2,15,16,21). The molecule has 0 aliphatic heterocycles.